The Morgan fingerprint density at radius 3 is 1.62 bits per heavy atom. The number of anilines is 3. The van der Waals surface area contributed by atoms with Gasteiger partial charge in [0, 0.05) is 27.7 Å². The van der Waals surface area contributed by atoms with Crippen molar-refractivity contribution in [3.05, 3.63) is 224 Å². The highest BCUT2D eigenvalue weighted by Gasteiger charge is 2.21. The van der Waals surface area contributed by atoms with Gasteiger partial charge in [-0.15, -0.1) is 0 Å². The molecule has 0 saturated heterocycles. The van der Waals surface area contributed by atoms with E-state index in [1.165, 1.54) is 54.9 Å². The van der Waals surface area contributed by atoms with Crippen molar-refractivity contribution in [1.82, 2.24) is 0 Å². The van der Waals surface area contributed by atoms with E-state index in [1.807, 2.05) is 0 Å². The SMILES string of the molecule is c1ccc(-c2ccc(N(c3ccc(-c4cccc(-c5cccc6ccccc56)c4)cc3)c3ccccc3-c3cccc4oc5cc6ccccc6cc5c34)cc2)cc1. The first-order valence-corrected chi connectivity index (χ1v) is 19.8. The van der Waals surface area contributed by atoms with E-state index in [2.05, 4.69) is 229 Å². The summed E-state index contributed by atoms with van der Waals surface area (Å²) in [7, 11) is 0. The van der Waals surface area contributed by atoms with Crippen molar-refractivity contribution >= 4 is 60.5 Å². The van der Waals surface area contributed by atoms with Gasteiger partial charge in [0.25, 0.3) is 0 Å². The van der Waals surface area contributed by atoms with Crippen molar-refractivity contribution in [2.24, 2.45) is 0 Å². The van der Waals surface area contributed by atoms with Crippen LogP contribution in [0.2, 0.25) is 0 Å². The van der Waals surface area contributed by atoms with E-state index in [4.69, 9.17) is 4.42 Å². The zero-order valence-electron chi connectivity index (χ0n) is 31.7. The topological polar surface area (TPSA) is 16.4 Å². The molecule has 0 amide bonds. The first-order chi connectivity index (χ1) is 28.7. The lowest BCUT2D eigenvalue weighted by Gasteiger charge is -2.28. The summed E-state index contributed by atoms with van der Waals surface area (Å²) in [6.07, 6.45) is 0. The second kappa shape index (κ2) is 14.1. The van der Waals surface area contributed by atoms with Crippen molar-refractivity contribution in [3.63, 3.8) is 0 Å². The van der Waals surface area contributed by atoms with Gasteiger partial charge in [-0.05, 0) is 115 Å². The largest absolute Gasteiger partial charge is 0.456 e. The van der Waals surface area contributed by atoms with E-state index in [-0.39, 0.29) is 0 Å². The predicted octanol–water partition coefficient (Wildman–Crippen LogP) is 16.0. The summed E-state index contributed by atoms with van der Waals surface area (Å²) in [6.45, 7) is 0. The van der Waals surface area contributed by atoms with Crippen LogP contribution in [0.25, 0.3) is 88.0 Å². The maximum absolute atomic E-state index is 6.55. The van der Waals surface area contributed by atoms with Gasteiger partial charge in [-0.3, -0.25) is 0 Å². The van der Waals surface area contributed by atoms with Gasteiger partial charge >= 0.3 is 0 Å². The Balaban J connectivity index is 1.05. The van der Waals surface area contributed by atoms with Crippen LogP contribution in [-0.4, -0.2) is 0 Å². The molecule has 0 atom stereocenters. The van der Waals surface area contributed by atoms with E-state index in [0.717, 1.165) is 50.1 Å². The van der Waals surface area contributed by atoms with Crippen LogP contribution < -0.4 is 4.90 Å². The molecule has 0 saturated carbocycles. The molecule has 0 bridgehead atoms. The van der Waals surface area contributed by atoms with Crippen LogP contribution in [0.1, 0.15) is 0 Å². The monoisotopic (exact) mass is 739 g/mol. The van der Waals surface area contributed by atoms with Crippen LogP contribution in [0.4, 0.5) is 17.1 Å². The third kappa shape index (κ3) is 5.91. The van der Waals surface area contributed by atoms with Crippen LogP contribution in [-0.2, 0) is 0 Å². The molecule has 1 aromatic heterocycles. The first kappa shape index (κ1) is 33.6. The van der Waals surface area contributed by atoms with Crippen molar-refractivity contribution < 1.29 is 4.42 Å². The number of hydrogen-bond donors (Lipinski definition) is 0. The Morgan fingerprint density at radius 1 is 0.293 bits per heavy atom. The number of furan rings is 1. The Morgan fingerprint density at radius 2 is 0.828 bits per heavy atom. The maximum atomic E-state index is 6.55. The molecule has 11 aromatic rings. The number of fused-ring (bicyclic) bond motifs is 5. The molecule has 2 heteroatoms. The fourth-order valence-corrected chi connectivity index (χ4v) is 8.64. The number of hydrogen-bond acceptors (Lipinski definition) is 2. The van der Waals surface area contributed by atoms with Gasteiger partial charge in [0.1, 0.15) is 11.2 Å². The average Bonchev–Trinajstić information content (AvgIpc) is 3.67. The Hall–Kier alpha value is -7.68. The van der Waals surface area contributed by atoms with Crippen LogP contribution in [0.15, 0.2) is 229 Å². The molecule has 0 aliphatic carbocycles. The van der Waals surface area contributed by atoms with Gasteiger partial charge in [0.05, 0.1) is 5.69 Å². The molecule has 11 rings (SSSR count). The summed E-state index contributed by atoms with van der Waals surface area (Å²) in [5.41, 5.74) is 14.5. The Kier molecular flexibility index (Phi) is 8.19. The molecule has 2 nitrogen and oxygen atoms in total. The number of para-hydroxylation sites is 1. The quantitative estimate of drug-likeness (QED) is 0.162. The number of nitrogens with zero attached hydrogens (tertiary/aromatic N) is 1. The lowest BCUT2D eigenvalue weighted by Crippen LogP contribution is -2.11. The number of benzene rings is 10. The third-order valence-corrected chi connectivity index (χ3v) is 11.5. The van der Waals surface area contributed by atoms with Crippen molar-refractivity contribution in [1.29, 1.82) is 0 Å². The molecule has 0 unspecified atom stereocenters. The molecule has 0 spiro atoms. The van der Waals surface area contributed by atoms with E-state index >= 15 is 0 Å². The van der Waals surface area contributed by atoms with E-state index in [0.29, 0.717) is 0 Å². The predicted molar refractivity (Wildman–Crippen MR) is 245 cm³/mol. The van der Waals surface area contributed by atoms with Crippen LogP contribution in [0.3, 0.4) is 0 Å². The molecule has 10 aromatic carbocycles. The lowest BCUT2D eigenvalue weighted by atomic mass is 9.95. The normalized spacial score (nSPS) is 11.4. The highest BCUT2D eigenvalue weighted by molar-refractivity contribution is 6.16. The minimum atomic E-state index is 0.881. The molecule has 272 valence electrons. The molecule has 58 heavy (non-hydrogen) atoms. The molecular weight excluding hydrogens is 703 g/mol. The summed E-state index contributed by atoms with van der Waals surface area (Å²) >= 11 is 0. The standard InChI is InChI=1S/C56H37NO/c1-2-13-38(14-3-1)39-27-31-46(32-28-39)57(47-33-29-40(30-34-47)42-19-10-20-45(35-42)49-23-11-18-41-15-6-7-21-48(41)49)53-25-9-8-22-50(53)51-24-12-26-54-56(51)52-36-43-16-4-5-17-44(43)37-55(52)58-54/h1-37H. The van der Waals surface area contributed by atoms with Gasteiger partial charge in [0.2, 0.25) is 0 Å². The third-order valence-electron chi connectivity index (χ3n) is 11.5. The minimum absolute atomic E-state index is 0.881. The van der Waals surface area contributed by atoms with E-state index in [1.54, 1.807) is 0 Å². The minimum Gasteiger partial charge on any atom is -0.456 e. The average molecular weight is 740 g/mol. The van der Waals surface area contributed by atoms with Crippen molar-refractivity contribution in [2.45, 2.75) is 0 Å². The first-order valence-electron chi connectivity index (χ1n) is 19.8. The van der Waals surface area contributed by atoms with Gasteiger partial charge in [0.15, 0.2) is 0 Å². The fourth-order valence-electron chi connectivity index (χ4n) is 8.64. The molecule has 0 aliphatic heterocycles. The second-order valence-corrected chi connectivity index (χ2v) is 14.9. The summed E-state index contributed by atoms with van der Waals surface area (Å²) in [5.74, 6) is 0. The highest BCUT2D eigenvalue weighted by atomic mass is 16.3. The summed E-state index contributed by atoms with van der Waals surface area (Å²) in [6, 6.07) is 80.7. The Bertz CT molecular complexity index is 3260. The Labute approximate surface area is 337 Å². The molecule has 0 aliphatic rings. The van der Waals surface area contributed by atoms with Gasteiger partial charge in [-0.25, -0.2) is 0 Å². The second-order valence-electron chi connectivity index (χ2n) is 14.9. The van der Waals surface area contributed by atoms with Crippen molar-refractivity contribution in [2.75, 3.05) is 4.90 Å². The molecule has 1 heterocycles. The molecule has 0 N–H and O–H groups in total. The summed E-state index contributed by atoms with van der Waals surface area (Å²) < 4.78 is 6.55. The summed E-state index contributed by atoms with van der Waals surface area (Å²) in [4.78, 5) is 2.39. The zero-order chi connectivity index (χ0) is 38.4. The van der Waals surface area contributed by atoms with Gasteiger partial charge < -0.3 is 9.32 Å². The zero-order valence-corrected chi connectivity index (χ0v) is 31.7. The van der Waals surface area contributed by atoms with E-state index in [9.17, 15) is 0 Å². The molecule has 0 fully saturated rings. The highest BCUT2D eigenvalue weighted by Crippen LogP contribution is 2.46. The lowest BCUT2D eigenvalue weighted by molar-refractivity contribution is 0.669. The smallest absolute Gasteiger partial charge is 0.136 e. The van der Waals surface area contributed by atoms with Gasteiger partial charge in [-0.2, -0.15) is 0 Å². The van der Waals surface area contributed by atoms with E-state index < -0.39 is 0 Å². The molecular formula is C56H37NO. The van der Waals surface area contributed by atoms with Crippen LogP contribution in [0.5, 0.6) is 0 Å². The summed E-state index contributed by atoms with van der Waals surface area (Å²) in [5, 5.41) is 7.12. The van der Waals surface area contributed by atoms with Crippen LogP contribution >= 0.6 is 0 Å². The molecule has 0 radical (unpaired) electrons. The maximum Gasteiger partial charge on any atom is 0.136 e. The van der Waals surface area contributed by atoms with Gasteiger partial charge in [-0.1, -0.05) is 170 Å². The van der Waals surface area contributed by atoms with Crippen LogP contribution in [0, 0.1) is 0 Å². The fraction of sp³-hybridized carbons (Fsp3) is 0. The number of rotatable bonds is 7. The van der Waals surface area contributed by atoms with Crippen molar-refractivity contribution in [3.8, 4) is 44.5 Å².